The quantitative estimate of drug-likeness (QED) is 0.772. The summed E-state index contributed by atoms with van der Waals surface area (Å²) in [5.41, 5.74) is 0.835. The van der Waals surface area contributed by atoms with Crippen molar-refractivity contribution in [3.05, 3.63) is 24.3 Å². The second kappa shape index (κ2) is 7.65. The van der Waals surface area contributed by atoms with Crippen LogP contribution in [-0.2, 0) is 4.79 Å². The van der Waals surface area contributed by atoms with Gasteiger partial charge in [0.1, 0.15) is 5.75 Å². The Kier molecular flexibility index (Phi) is 5.34. The van der Waals surface area contributed by atoms with Crippen molar-refractivity contribution in [2.75, 3.05) is 19.4 Å². The predicted octanol–water partition coefficient (Wildman–Crippen LogP) is 2.16. The van der Waals surface area contributed by atoms with Gasteiger partial charge in [0.15, 0.2) is 0 Å². The van der Waals surface area contributed by atoms with Gasteiger partial charge >= 0.3 is 0 Å². The normalized spacial score (nSPS) is 17.8. The van der Waals surface area contributed by atoms with Crippen molar-refractivity contribution in [3.63, 3.8) is 0 Å². The van der Waals surface area contributed by atoms with Gasteiger partial charge in [-0.1, -0.05) is 11.8 Å². The van der Waals surface area contributed by atoms with Gasteiger partial charge in [0.2, 0.25) is 11.1 Å². The molecule has 128 valence electrons. The van der Waals surface area contributed by atoms with Crippen molar-refractivity contribution in [1.29, 1.82) is 0 Å². The van der Waals surface area contributed by atoms with Gasteiger partial charge in [-0.2, -0.15) is 4.68 Å². The summed E-state index contributed by atoms with van der Waals surface area (Å²) in [6.45, 7) is 2.97. The molecule has 0 aliphatic carbocycles. The molecule has 1 atom stereocenters. The molecule has 0 bridgehead atoms. The molecule has 0 radical (unpaired) electrons. The molecule has 1 fully saturated rings. The molecule has 1 aromatic heterocycles. The van der Waals surface area contributed by atoms with Crippen LogP contribution in [0.25, 0.3) is 5.69 Å². The zero-order valence-electron chi connectivity index (χ0n) is 13.9. The maximum Gasteiger partial charge on any atom is 0.233 e. The first-order chi connectivity index (χ1) is 11.7. The highest BCUT2D eigenvalue weighted by atomic mass is 32.2. The standard InChI is InChI=1S/C16H21N5O2S/c1-12-5-3-4-10-20(12)15(22)11-24-16-17-18-19-21(16)13-6-8-14(23-2)9-7-13/h6-9,12H,3-5,10-11H2,1-2H3/t12-/m1/s1. The largest absolute Gasteiger partial charge is 0.497 e. The summed E-state index contributed by atoms with van der Waals surface area (Å²) >= 11 is 1.37. The molecule has 24 heavy (non-hydrogen) atoms. The molecule has 1 aliphatic rings. The van der Waals surface area contributed by atoms with Crippen LogP contribution in [0.5, 0.6) is 5.75 Å². The SMILES string of the molecule is COc1ccc(-n2nnnc2SCC(=O)N2CCCC[C@H]2C)cc1. The second-order valence-electron chi connectivity index (χ2n) is 5.79. The molecule has 7 nitrogen and oxygen atoms in total. The number of nitrogens with zero attached hydrogens (tertiary/aromatic N) is 5. The van der Waals surface area contributed by atoms with Crippen LogP contribution in [0.2, 0.25) is 0 Å². The number of carbonyl (C=O) groups excluding carboxylic acids is 1. The highest BCUT2D eigenvalue weighted by Gasteiger charge is 2.23. The minimum atomic E-state index is 0.150. The smallest absolute Gasteiger partial charge is 0.233 e. The second-order valence-corrected chi connectivity index (χ2v) is 6.73. The zero-order valence-corrected chi connectivity index (χ0v) is 14.7. The van der Waals surface area contributed by atoms with Crippen LogP contribution in [0.4, 0.5) is 0 Å². The molecular weight excluding hydrogens is 326 g/mol. The summed E-state index contributed by atoms with van der Waals surface area (Å²) in [6, 6.07) is 7.80. The third kappa shape index (κ3) is 3.69. The van der Waals surface area contributed by atoms with E-state index >= 15 is 0 Å². The molecule has 3 rings (SSSR count). The van der Waals surface area contributed by atoms with Crippen molar-refractivity contribution in [2.24, 2.45) is 0 Å². The number of tetrazole rings is 1. The Bertz CT molecular complexity index is 688. The fourth-order valence-electron chi connectivity index (χ4n) is 2.83. The summed E-state index contributed by atoms with van der Waals surface area (Å²) in [6.07, 6.45) is 3.37. The van der Waals surface area contributed by atoms with E-state index in [9.17, 15) is 4.79 Å². The minimum absolute atomic E-state index is 0.150. The van der Waals surface area contributed by atoms with Crippen LogP contribution in [0.15, 0.2) is 29.4 Å². The molecule has 0 saturated carbocycles. The van der Waals surface area contributed by atoms with Crippen LogP contribution in [0, 0.1) is 0 Å². The fraction of sp³-hybridized carbons (Fsp3) is 0.500. The number of carbonyl (C=O) groups is 1. The van der Waals surface area contributed by atoms with Crippen LogP contribution >= 0.6 is 11.8 Å². The number of likely N-dealkylation sites (tertiary alicyclic amines) is 1. The van der Waals surface area contributed by atoms with Crippen molar-refractivity contribution in [3.8, 4) is 11.4 Å². The van der Waals surface area contributed by atoms with Crippen LogP contribution in [0.1, 0.15) is 26.2 Å². The molecular formula is C16H21N5O2S. The summed E-state index contributed by atoms with van der Waals surface area (Å²) in [5.74, 6) is 1.27. The van der Waals surface area contributed by atoms with E-state index in [-0.39, 0.29) is 5.91 Å². The molecule has 2 heterocycles. The number of hydrogen-bond acceptors (Lipinski definition) is 6. The molecule has 1 amide bonds. The fourth-order valence-corrected chi connectivity index (χ4v) is 3.61. The third-order valence-electron chi connectivity index (χ3n) is 4.21. The van der Waals surface area contributed by atoms with Gasteiger partial charge in [-0.3, -0.25) is 4.79 Å². The maximum atomic E-state index is 12.4. The van der Waals surface area contributed by atoms with E-state index in [1.54, 1.807) is 11.8 Å². The first-order valence-corrected chi connectivity index (χ1v) is 9.02. The van der Waals surface area contributed by atoms with E-state index in [1.165, 1.54) is 18.2 Å². The predicted molar refractivity (Wildman–Crippen MR) is 91.5 cm³/mol. The molecule has 1 saturated heterocycles. The Morgan fingerprint density at radius 2 is 2.12 bits per heavy atom. The number of piperidine rings is 1. The molecule has 0 N–H and O–H groups in total. The molecule has 1 aliphatic heterocycles. The van der Waals surface area contributed by atoms with Gasteiger partial charge < -0.3 is 9.64 Å². The summed E-state index contributed by atoms with van der Waals surface area (Å²) < 4.78 is 6.79. The van der Waals surface area contributed by atoms with Gasteiger partial charge in [0.25, 0.3) is 0 Å². The van der Waals surface area contributed by atoms with Gasteiger partial charge in [-0.15, -0.1) is 5.10 Å². The van der Waals surface area contributed by atoms with Crippen LogP contribution < -0.4 is 4.74 Å². The highest BCUT2D eigenvalue weighted by molar-refractivity contribution is 7.99. The van der Waals surface area contributed by atoms with E-state index < -0.39 is 0 Å². The maximum absolute atomic E-state index is 12.4. The molecule has 2 aromatic rings. The lowest BCUT2D eigenvalue weighted by atomic mass is 10.0. The molecule has 0 spiro atoms. The van der Waals surface area contributed by atoms with Gasteiger partial charge in [0.05, 0.1) is 18.6 Å². The van der Waals surface area contributed by atoms with E-state index in [2.05, 4.69) is 22.4 Å². The van der Waals surface area contributed by atoms with Gasteiger partial charge in [0, 0.05) is 12.6 Å². The highest BCUT2D eigenvalue weighted by Crippen LogP contribution is 2.22. The number of methoxy groups -OCH3 is 1. The van der Waals surface area contributed by atoms with Crippen molar-refractivity contribution >= 4 is 17.7 Å². The topological polar surface area (TPSA) is 73.1 Å². The first-order valence-electron chi connectivity index (χ1n) is 8.04. The number of hydrogen-bond donors (Lipinski definition) is 0. The van der Waals surface area contributed by atoms with E-state index in [4.69, 9.17) is 4.74 Å². The van der Waals surface area contributed by atoms with E-state index in [0.717, 1.165) is 30.8 Å². The Hall–Kier alpha value is -2.09. The van der Waals surface area contributed by atoms with Gasteiger partial charge in [-0.05, 0) is 60.9 Å². The van der Waals surface area contributed by atoms with Crippen LogP contribution in [-0.4, -0.2) is 56.5 Å². The number of amides is 1. The van der Waals surface area contributed by atoms with Crippen molar-refractivity contribution in [2.45, 2.75) is 37.4 Å². The van der Waals surface area contributed by atoms with Crippen LogP contribution in [0.3, 0.4) is 0 Å². The average Bonchev–Trinajstić information content (AvgIpc) is 3.08. The summed E-state index contributed by atoms with van der Waals surface area (Å²) in [5, 5.41) is 12.4. The minimum Gasteiger partial charge on any atom is -0.497 e. The third-order valence-corrected chi connectivity index (χ3v) is 5.11. The monoisotopic (exact) mass is 347 g/mol. The van der Waals surface area contributed by atoms with Crippen molar-refractivity contribution in [1.82, 2.24) is 25.1 Å². The number of benzene rings is 1. The number of aromatic nitrogens is 4. The summed E-state index contributed by atoms with van der Waals surface area (Å²) in [7, 11) is 1.63. The lowest BCUT2D eigenvalue weighted by Crippen LogP contribution is -2.42. The number of thioether (sulfide) groups is 1. The van der Waals surface area contributed by atoms with E-state index in [0.29, 0.717) is 17.0 Å². The molecule has 8 heteroatoms. The average molecular weight is 347 g/mol. The van der Waals surface area contributed by atoms with Crippen molar-refractivity contribution < 1.29 is 9.53 Å². The Labute approximate surface area is 145 Å². The first kappa shape index (κ1) is 16.8. The number of ether oxygens (including phenoxy) is 1. The Morgan fingerprint density at radius 3 is 2.83 bits per heavy atom. The lowest BCUT2D eigenvalue weighted by Gasteiger charge is -2.33. The Morgan fingerprint density at radius 1 is 1.33 bits per heavy atom. The Balaban J connectivity index is 1.66. The zero-order chi connectivity index (χ0) is 16.9. The number of rotatable bonds is 5. The van der Waals surface area contributed by atoms with Gasteiger partial charge in [-0.25, -0.2) is 0 Å². The lowest BCUT2D eigenvalue weighted by molar-refractivity contribution is -0.131. The van der Waals surface area contributed by atoms with E-state index in [1.807, 2.05) is 29.2 Å². The molecule has 1 aromatic carbocycles. The molecule has 0 unspecified atom stereocenters. The summed E-state index contributed by atoms with van der Waals surface area (Å²) in [4.78, 5) is 14.4.